The molecule has 1 aromatic carbocycles. The molecule has 21 heavy (non-hydrogen) atoms. The third kappa shape index (κ3) is 5.03. The van der Waals surface area contributed by atoms with Gasteiger partial charge in [-0.1, -0.05) is 6.92 Å². The van der Waals surface area contributed by atoms with Crippen LogP contribution in [-0.4, -0.2) is 27.7 Å². The summed E-state index contributed by atoms with van der Waals surface area (Å²) in [7, 11) is 0. The van der Waals surface area contributed by atoms with E-state index < -0.39 is 21.5 Å². The second-order valence-electron chi connectivity index (χ2n) is 4.16. The second kappa shape index (κ2) is 7.58. The topological polar surface area (TPSA) is 113 Å². The van der Waals surface area contributed by atoms with Crippen LogP contribution in [0.15, 0.2) is 23.1 Å². The zero-order valence-corrected chi connectivity index (χ0v) is 12.3. The Morgan fingerprint density at radius 2 is 2.00 bits per heavy atom. The Labute approximate surface area is 124 Å². The summed E-state index contributed by atoms with van der Waals surface area (Å²) in [5, 5.41) is 21.5. The van der Waals surface area contributed by atoms with Crippen molar-refractivity contribution in [3.8, 4) is 0 Å². The zero-order valence-electron chi connectivity index (χ0n) is 11.5. The average Bonchev–Trinajstić information content (AvgIpc) is 2.44. The number of nitro groups is 2. The predicted molar refractivity (Wildman–Crippen MR) is 76.3 cm³/mol. The molecule has 0 unspecified atom stereocenters. The summed E-state index contributed by atoms with van der Waals surface area (Å²) in [4.78, 5) is 31.8. The monoisotopic (exact) mass is 314 g/mol. The molecule has 0 spiro atoms. The van der Waals surface area contributed by atoms with Gasteiger partial charge in [-0.2, -0.15) is 0 Å². The number of non-ortho nitro benzene ring substituents is 1. The van der Waals surface area contributed by atoms with E-state index in [-0.39, 0.29) is 22.4 Å². The lowest BCUT2D eigenvalue weighted by Crippen LogP contribution is -2.15. The Morgan fingerprint density at radius 1 is 1.33 bits per heavy atom. The van der Waals surface area contributed by atoms with E-state index in [1.54, 1.807) is 6.92 Å². The number of ether oxygens (including phenoxy) is 1. The van der Waals surface area contributed by atoms with Crippen molar-refractivity contribution in [1.29, 1.82) is 0 Å². The Bertz CT molecular complexity index is 563. The van der Waals surface area contributed by atoms with Gasteiger partial charge in [-0.05, 0) is 19.4 Å². The highest BCUT2D eigenvalue weighted by Crippen LogP contribution is 2.32. The van der Waals surface area contributed by atoms with E-state index >= 15 is 0 Å². The van der Waals surface area contributed by atoms with Crippen LogP contribution in [0.3, 0.4) is 0 Å². The van der Waals surface area contributed by atoms with E-state index in [9.17, 15) is 25.0 Å². The van der Waals surface area contributed by atoms with Crippen LogP contribution < -0.4 is 0 Å². The van der Waals surface area contributed by atoms with Crippen molar-refractivity contribution in [2.24, 2.45) is 0 Å². The lowest BCUT2D eigenvalue weighted by atomic mass is 10.3. The summed E-state index contributed by atoms with van der Waals surface area (Å²) in [6.45, 7) is 3.61. The van der Waals surface area contributed by atoms with Gasteiger partial charge in [0.15, 0.2) is 0 Å². The molecule has 0 aliphatic heterocycles. The Morgan fingerprint density at radius 3 is 2.52 bits per heavy atom. The Balaban J connectivity index is 2.81. The van der Waals surface area contributed by atoms with Crippen molar-refractivity contribution < 1.29 is 19.4 Å². The summed E-state index contributed by atoms with van der Waals surface area (Å²) in [5.74, 6) is -0.579. The van der Waals surface area contributed by atoms with Crippen molar-refractivity contribution in [2.75, 3.05) is 5.75 Å². The molecule has 1 atom stereocenters. The largest absolute Gasteiger partial charge is 0.462 e. The maximum absolute atomic E-state index is 11.5. The minimum Gasteiger partial charge on any atom is -0.462 e. The number of thioether (sulfide) groups is 1. The third-order valence-electron chi connectivity index (χ3n) is 2.60. The molecule has 0 radical (unpaired) electrons. The quantitative estimate of drug-likeness (QED) is 0.329. The molecule has 0 heterocycles. The number of carbonyl (C=O) groups is 1. The number of nitrogens with zero attached hydrogens (tertiary/aromatic N) is 2. The van der Waals surface area contributed by atoms with Gasteiger partial charge in [-0.15, -0.1) is 11.8 Å². The minimum absolute atomic E-state index is 0.0943. The molecule has 114 valence electrons. The maximum atomic E-state index is 11.5. The van der Waals surface area contributed by atoms with Gasteiger partial charge >= 0.3 is 5.97 Å². The lowest BCUT2D eigenvalue weighted by molar-refractivity contribution is -0.396. The first kappa shape index (κ1) is 16.9. The van der Waals surface area contributed by atoms with E-state index in [1.807, 2.05) is 6.92 Å². The molecule has 1 rings (SSSR count). The van der Waals surface area contributed by atoms with Gasteiger partial charge in [0.05, 0.1) is 32.7 Å². The molecule has 0 amide bonds. The summed E-state index contributed by atoms with van der Waals surface area (Å²) < 4.78 is 5.05. The molecule has 0 bridgehead atoms. The summed E-state index contributed by atoms with van der Waals surface area (Å²) in [6.07, 6.45) is 0.457. The number of benzene rings is 1. The average molecular weight is 314 g/mol. The molecule has 1 aromatic rings. The molecule has 0 saturated heterocycles. The molecule has 0 aromatic heterocycles. The van der Waals surface area contributed by atoms with Crippen LogP contribution in [-0.2, 0) is 9.53 Å². The number of esters is 1. The van der Waals surface area contributed by atoms with Crippen molar-refractivity contribution >= 4 is 29.1 Å². The van der Waals surface area contributed by atoms with Gasteiger partial charge in [-0.25, -0.2) is 0 Å². The number of carbonyl (C=O) groups excluding carboxylic acids is 1. The number of nitro benzene ring substituents is 2. The first-order chi connectivity index (χ1) is 9.85. The molecular weight excluding hydrogens is 300 g/mol. The molecule has 0 aliphatic carbocycles. The first-order valence-corrected chi connectivity index (χ1v) is 7.08. The van der Waals surface area contributed by atoms with Crippen LogP contribution in [0.4, 0.5) is 11.4 Å². The normalized spacial score (nSPS) is 11.7. The summed E-state index contributed by atoms with van der Waals surface area (Å²) in [6, 6.07) is 3.30. The Kier molecular flexibility index (Phi) is 6.10. The summed E-state index contributed by atoms with van der Waals surface area (Å²) >= 11 is 0.918. The van der Waals surface area contributed by atoms with E-state index in [4.69, 9.17) is 4.74 Å². The molecule has 9 heteroatoms. The molecule has 0 fully saturated rings. The molecular formula is C12H14N2O6S. The van der Waals surface area contributed by atoms with Crippen LogP contribution >= 0.6 is 11.8 Å². The lowest BCUT2D eigenvalue weighted by Gasteiger charge is -2.10. The summed E-state index contributed by atoms with van der Waals surface area (Å²) in [5.41, 5.74) is -0.765. The second-order valence-corrected chi connectivity index (χ2v) is 5.18. The van der Waals surface area contributed by atoms with Gasteiger partial charge in [0, 0.05) is 6.07 Å². The third-order valence-corrected chi connectivity index (χ3v) is 3.64. The molecule has 0 N–H and O–H groups in total. The molecule has 8 nitrogen and oxygen atoms in total. The van der Waals surface area contributed by atoms with E-state index in [2.05, 4.69) is 0 Å². The van der Waals surface area contributed by atoms with Crippen molar-refractivity contribution in [3.05, 3.63) is 38.4 Å². The van der Waals surface area contributed by atoms with Crippen LogP contribution in [0.1, 0.15) is 20.3 Å². The smallest absolute Gasteiger partial charge is 0.316 e. The standard InChI is InChI=1S/C12H14N2O6S/c1-3-8(2)20-12(15)7-21-11-5-4-9(13(16)17)6-10(11)14(18)19/h4-6,8H,3,7H2,1-2H3/t8-/m0/s1. The van der Waals surface area contributed by atoms with Crippen LogP contribution in [0.2, 0.25) is 0 Å². The van der Waals surface area contributed by atoms with E-state index in [0.717, 1.165) is 23.9 Å². The van der Waals surface area contributed by atoms with E-state index in [0.29, 0.717) is 6.42 Å². The van der Waals surface area contributed by atoms with Crippen molar-refractivity contribution in [2.45, 2.75) is 31.3 Å². The maximum Gasteiger partial charge on any atom is 0.316 e. The van der Waals surface area contributed by atoms with Crippen LogP contribution in [0.5, 0.6) is 0 Å². The predicted octanol–water partition coefficient (Wildman–Crippen LogP) is 2.94. The first-order valence-electron chi connectivity index (χ1n) is 6.10. The van der Waals surface area contributed by atoms with Gasteiger partial charge < -0.3 is 4.74 Å². The number of hydrogen-bond donors (Lipinski definition) is 0. The minimum atomic E-state index is -0.713. The van der Waals surface area contributed by atoms with Gasteiger partial charge in [-0.3, -0.25) is 25.0 Å². The molecule has 0 saturated carbocycles. The highest BCUT2D eigenvalue weighted by molar-refractivity contribution is 8.00. The molecule has 0 aliphatic rings. The fraction of sp³-hybridized carbons (Fsp3) is 0.417. The number of rotatable bonds is 7. The Hall–Kier alpha value is -2.16. The highest BCUT2D eigenvalue weighted by Gasteiger charge is 2.20. The zero-order chi connectivity index (χ0) is 16.0. The fourth-order valence-corrected chi connectivity index (χ4v) is 2.15. The van der Waals surface area contributed by atoms with Gasteiger partial charge in [0.25, 0.3) is 11.4 Å². The fourth-order valence-electron chi connectivity index (χ4n) is 1.36. The van der Waals surface area contributed by atoms with Crippen molar-refractivity contribution in [1.82, 2.24) is 0 Å². The SMILES string of the molecule is CC[C@H](C)OC(=O)CSc1ccc([N+](=O)[O-])cc1[N+](=O)[O-]. The van der Waals surface area contributed by atoms with Crippen LogP contribution in [0.25, 0.3) is 0 Å². The van der Waals surface area contributed by atoms with Gasteiger partial charge in [0.2, 0.25) is 0 Å². The van der Waals surface area contributed by atoms with Crippen molar-refractivity contribution in [3.63, 3.8) is 0 Å². The number of hydrogen-bond acceptors (Lipinski definition) is 7. The van der Waals surface area contributed by atoms with Crippen LogP contribution in [0, 0.1) is 20.2 Å². The van der Waals surface area contributed by atoms with E-state index in [1.165, 1.54) is 6.07 Å². The van der Waals surface area contributed by atoms with Gasteiger partial charge in [0.1, 0.15) is 0 Å². The highest BCUT2D eigenvalue weighted by atomic mass is 32.2.